The van der Waals surface area contributed by atoms with Crippen molar-refractivity contribution in [1.29, 1.82) is 0 Å². The van der Waals surface area contributed by atoms with Crippen LogP contribution in [0, 0.1) is 5.92 Å². The van der Waals surface area contributed by atoms with Gasteiger partial charge in [0.2, 0.25) is 0 Å². The summed E-state index contributed by atoms with van der Waals surface area (Å²) in [4.78, 5) is 7.25. The van der Waals surface area contributed by atoms with E-state index in [0.29, 0.717) is 12.1 Å². The van der Waals surface area contributed by atoms with Crippen LogP contribution in [-0.4, -0.2) is 42.2 Å². The molecule has 3 aliphatic heterocycles. The van der Waals surface area contributed by atoms with E-state index in [0.717, 1.165) is 28.6 Å². The molecule has 1 aromatic carbocycles. The maximum atomic E-state index is 5.21. The number of nitrogens with one attached hydrogen (secondary N) is 1. The molecule has 0 spiro atoms. The maximum absolute atomic E-state index is 5.21. The van der Waals surface area contributed by atoms with Gasteiger partial charge in [-0.1, -0.05) is 12.1 Å². The Morgan fingerprint density at radius 3 is 2.33 bits per heavy atom. The second-order valence-corrected chi connectivity index (χ2v) is 6.94. The molecule has 2 aromatic rings. The van der Waals surface area contributed by atoms with Crippen LogP contribution in [0.25, 0.3) is 11.1 Å². The number of rotatable bonds is 4. The average Bonchev–Trinajstić information content (AvgIpc) is 2.66. The number of fused-ring (bicyclic) bond motifs is 3. The quantitative estimate of drug-likeness (QED) is 0.932. The van der Waals surface area contributed by atoms with E-state index < -0.39 is 0 Å². The Labute approximate surface area is 143 Å². The van der Waals surface area contributed by atoms with E-state index in [1.807, 2.05) is 18.3 Å². The third-order valence-electron chi connectivity index (χ3n) is 5.68. The second kappa shape index (κ2) is 6.44. The molecule has 126 valence electrons. The van der Waals surface area contributed by atoms with Gasteiger partial charge in [0.25, 0.3) is 0 Å². The van der Waals surface area contributed by atoms with Crippen molar-refractivity contribution >= 4 is 5.82 Å². The van der Waals surface area contributed by atoms with Gasteiger partial charge in [0, 0.05) is 23.8 Å². The molecule has 4 heterocycles. The fourth-order valence-electron chi connectivity index (χ4n) is 4.15. The summed E-state index contributed by atoms with van der Waals surface area (Å²) in [6.45, 7) is 4.86. The van der Waals surface area contributed by atoms with E-state index in [9.17, 15) is 0 Å². The predicted molar refractivity (Wildman–Crippen MR) is 97.4 cm³/mol. The Balaban J connectivity index is 1.47. The fourth-order valence-corrected chi connectivity index (χ4v) is 4.15. The number of benzene rings is 1. The number of aromatic nitrogens is 1. The minimum absolute atomic E-state index is 0.520. The Kier molecular flexibility index (Phi) is 4.15. The van der Waals surface area contributed by atoms with E-state index in [2.05, 4.69) is 46.4 Å². The van der Waals surface area contributed by atoms with Crippen LogP contribution >= 0.6 is 0 Å². The molecule has 3 aliphatic rings. The minimum atomic E-state index is 0.520. The number of hydrogen-bond acceptors (Lipinski definition) is 4. The van der Waals surface area contributed by atoms with E-state index in [1.165, 1.54) is 25.9 Å². The number of methoxy groups -OCH3 is 1. The highest BCUT2D eigenvalue weighted by atomic mass is 16.5. The summed E-state index contributed by atoms with van der Waals surface area (Å²) in [5.74, 6) is 2.65. The number of nitrogens with zero attached hydrogens (tertiary/aromatic N) is 2. The maximum Gasteiger partial charge on any atom is 0.126 e. The average molecular weight is 323 g/mol. The van der Waals surface area contributed by atoms with Crippen LogP contribution in [0.2, 0.25) is 0 Å². The van der Waals surface area contributed by atoms with Gasteiger partial charge in [-0.25, -0.2) is 4.98 Å². The lowest BCUT2D eigenvalue weighted by Gasteiger charge is -2.50. The number of ether oxygens (including phenoxy) is 1. The lowest BCUT2D eigenvalue weighted by atomic mass is 9.79. The summed E-state index contributed by atoms with van der Waals surface area (Å²) in [5, 5.41) is 3.69. The standard InChI is InChI=1S/C20H25N3O/c1-14-20(16-9-11-23(14)12-10-16)22-19-8-5-17(13-21-19)15-3-6-18(24-2)7-4-15/h3-8,13-14,16,20H,9-12H2,1-2H3,(H,21,22). The van der Waals surface area contributed by atoms with Gasteiger partial charge < -0.3 is 10.1 Å². The van der Waals surface area contributed by atoms with Crippen LogP contribution in [0.15, 0.2) is 42.6 Å². The van der Waals surface area contributed by atoms with Crippen molar-refractivity contribution in [2.45, 2.75) is 31.8 Å². The Hall–Kier alpha value is -2.07. The summed E-state index contributed by atoms with van der Waals surface area (Å²) < 4.78 is 5.21. The molecule has 1 N–H and O–H groups in total. The van der Waals surface area contributed by atoms with Crippen molar-refractivity contribution < 1.29 is 4.74 Å². The lowest BCUT2D eigenvalue weighted by molar-refractivity contribution is 0.0457. The van der Waals surface area contributed by atoms with Crippen molar-refractivity contribution in [3.8, 4) is 16.9 Å². The molecule has 24 heavy (non-hydrogen) atoms. The number of pyridine rings is 1. The van der Waals surface area contributed by atoms with Gasteiger partial charge in [-0.3, -0.25) is 4.90 Å². The molecule has 2 unspecified atom stereocenters. The molecule has 3 fully saturated rings. The highest BCUT2D eigenvalue weighted by Crippen LogP contribution is 2.34. The van der Waals surface area contributed by atoms with Gasteiger partial charge in [0.1, 0.15) is 11.6 Å². The molecule has 5 rings (SSSR count). The van der Waals surface area contributed by atoms with Gasteiger partial charge in [-0.2, -0.15) is 0 Å². The number of piperidine rings is 3. The van der Waals surface area contributed by atoms with Crippen LogP contribution in [0.5, 0.6) is 5.75 Å². The summed E-state index contributed by atoms with van der Waals surface area (Å²) in [6, 6.07) is 13.5. The van der Waals surface area contributed by atoms with Crippen LogP contribution in [-0.2, 0) is 0 Å². The first kappa shape index (κ1) is 15.5. The molecule has 4 nitrogen and oxygen atoms in total. The van der Waals surface area contributed by atoms with Crippen LogP contribution in [0.4, 0.5) is 5.82 Å². The first-order chi connectivity index (χ1) is 11.7. The van der Waals surface area contributed by atoms with Crippen molar-refractivity contribution in [1.82, 2.24) is 9.88 Å². The summed E-state index contributed by atoms with van der Waals surface area (Å²) in [5.41, 5.74) is 2.29. The zero-order chi connectivity index (χ0) is 16.5. The van der Waals surface area contributed by atoms with Crippen LogP contribution in [0.3, 0.4) is 0 Å². The second-order valence-electron chi connectivity index (χ2n) is 6.94. The SMILES string of the molecule is COc1ccc(-c2ccc(NC3C4CCN(CC4)C3C)nc2)cc1. The summed E-state index contributed by atoms with van der Waals surface area (Å²) >= 11 is 0. The number of hydrogen-bond donors (Lipinski definition) is 1. The molecule has 1 aromatic heterocycles. The normalized spacial score (nSPS) is 28.6. The molecule has 3 saturated heterocycles. The Morgan fingerprint density at radius 2 is 1.75 bits per heavy atom. The highest BCUT2D eigenvalue weighted by molar-refractivity contribution is 5.64. The van der Waals surface area contributed by atoms with E-state index >= 15 is 0 Å². The van der Waals surface area contributed by atoms with Crippen LogP contribution < -0.4 is 10.1 Å². The van der Waals surface area contributed by atoms with Gasteiger partial charge in [0.05, 0.1) is 7.11 Å². The molecule has 0 radical (unpaired) electrons. The van der Waals surface area contributed by atoms with Crippen molar-refractivity contribution in [2.75, 3.05) is 25.5 Å². The molecule has 0 saturated carbocycles. The third-order valence-corrected chi connectivity index (χ3v) is 5.68. The van der Waals surface area contributed by atoms with E-state index in [-0.39, 0.29) is 0 Å². The van der Waals surface area contributed by atoms with E-state index in [1.54, 1.807) is 7.11 Å². The van der Waals surface area contributed by atoms with Crippen molar-refractivity contribution in [3.05, 3.63) is 42.6 Å². The minimum Gasteiger partial charge on any atom is -0.497 e. The van der Waals surface area contributed by atoms with Crippen molar-refractivity contribution in [2.24, 2.45) is 5.92 Å². The molecule has 2 atom stereocenters. The summed E-state index contributed by atoms with van der Waals surface area (Å²) in [7, 11) is 1.69. The van der Waals surface area contributed by atoms with Crippen LogP contribution in [0.1, 0.15) is 19.8 Å². The zero-order valence-electron chi connectivity index (χ0n) is 14.4. The largest absolute Gasteiger partial charge is 0.497 e. The highest BCUT2D eigenvalue weighted by Gasteiger charge is 2.39. The Bertz CT molecular complexity index is 673. The number of anilines is 1. The van der Waals surface area contributed by atoms with Gasteiger partial charge in [-0.15, -0.1) is 0 Å². The summed E-state index contributed by atoms with van der Waals surface area (Å²) in [6.07, 6.45) is 4.58. The monoisotopic (exact) mass is 323 g/mol. The first-order valence-electron chi connectivity index (χ1n) is 8.85. The third kappa shape index (κ3) is 2.86. The predicted octanol–water partition coefficient (Wildman–Crippen LogP) is 3.65. The van der Waals surface area contributed by atoms with Gasteiger partial charge in [-0.05, 0) is 68.6 Å². The fraction of sp³-hybridized carbons (Fsp3) is 0.450. The molecule has 0 amide bonds. The van der Waals surface area contributed by atoms with E-state index in [4.69, 9.17) is 4.74 Å². The molecule has 0 aliphatic carbocycles. The Morgan fingerprint density at radius 1 is 1.04 bits per heavy atom. The van der Waals surface area contributed by atoms with Gasteiger partial charge >= 0.3 is 0 Å². The molecule has 4 heteroatoms. The smallest absolute Gasteiger partial charge is 0.126 e. The molecular formula is C20H25N3O. The first-order valence-corrected chi connectivity index (χ1v) is 8.85. The van der Waals surface area contributed by atoms with Crippen molar-refractivity contribution in [3.63, 3.8) is 0 Å². The topological polar surface area (TPSA) is 37.4 Å². The molecule has 2 bridgehead atoms. The lowest BCUT2D eigenvalue weighted by Crippen LogP contribution is -2.59. The zero-order valence-corrected chi connectivity index (χ0v) is 14.4. The molecular weight excluding hydrogens is 298 g/mol. The van der Waals surface area contributed by atoms with Gasteiger partial charge in [0.15, 0.2) is 0 Å².